The van der Waals surface area contributed by atoms with Crippen LogP contribution in [0.3, 0.4) is 0 Å². The molecule has 0 radical (unpaired) electrons. The topological polar surface area (TPSA) is 76.7 Å². The molecule has 0 aliphatic carbocycles. The number of likely N-dealkylation sites (N-methyl/N-ethyl adjacent to an activating group) is 1. The summed E-state index contributed by atoms with van der Waals surface area (Å²) in [6.45, 7) is 7.32. The van der Waals surface area contributed by atoms with Gasteiger partial charge in [0.15, 0.2) is 0 Å². The number of nitrogens with zero attached hydrogens (tertiary/aromatic N) is 3. The quantitative estimate of drug-likeness (QED) is 0.874. The Kier molecular flexibility index (Phi) is 5.27. The van der Waals surface area contributed by atoms with Crippen LogP contribution in [0.15, 0.2) is 17.2 Å². The number of H-pyrrole nitrogens is 1. The second-order valence-electron chi connectivity index (χ2n) is 6.44. The second-order valence-corrected chi connectivity index (χ2v) is 8.38. The van der Waals surface area contributed by atoms with Gasteiger partial charge in [-0.25, -0.2) is 8.42 Å². The zero-order valence-corrected chi connectivity index (χ0v) is 15.0. The molecule has 0 unspecified atom stereocenters. The maximum Gasteiger partial charge on any atom is 0.270 e. The molecule has 2 saturated heterocycles. The van der Waals surface area contributed by atoms with E-state index in [1.165, 1.54) is 16.6 Å². The maximum absolute atomic E-state index is 12.7. The summed E-state index contributed by atoms with van der Waals surface area (Å²) < 4.78 is 26.8. The molecular weight excluding hydrogens is 328 g/mol. The first-order valence-electron chi connectivity index (χ1n) is 8.72. The van der Waals surface area contributed by atoms with E-state index < -0.39 is 10.0 Å². The molecule has 1 N–H and O–H groups in total. The number of hydrogen-bond donors (Lipinski definition) is 1. The molecule has 1 amide bonds. The van der Waals surface area contributed by atoms with E-state index in [4.69, 9.17) is 0 Å². The number of piperidine rings is 1. The largest absolute Gasteiger partial charge is 0.356 e. The van der Waals surface area contributed by atoms with Crippen molar-refractivity contribution >= 4 is 15.9 Å². The molecule has 134 valence electrons. The van der Waals surface area contributed by atoms with Gasteiger partial charge in [-0.15, -0.1) is 0 Å². The van der Waals surface area contributed by atoms with Gasteiger partial charge >= 0.3 is 0 Å². The number of sulfonamides is 1. The fourth-order valence-electron chi connectivity index (χ4n) is 3.34. The van der Waals surface area contributed by atoms with Crippen LogP contribution in [0.2, 0.25) is 0 Å². The summed E-state index contributed by atoms with van der Waals surface area (Å²) in [7, 11) is -3.50. The number of aromatic amines is 1. The van der Waals surface area contributed by atoms with Crippen molar-refractivity contribution in [3.63, 3.8) is 0 Å². The summed E-state index contributed by atoms with van der Waals surface area (Å²) in [5, 5.41) is 0. The van der Waals surface area contributed by atoms with Crippen LogP contribution in [0.25, 0.3) is 0 Å². The normalized spacial score (nSPS) is 21.1. The van der Waals surface area contributed by atoms with Gasteiger partial charge in [0.1, 0.15) is 10.6 Å². The van der Waals surface area contributed by atoms with E-state index in [9.17, 15) is 13.2 Å². The fraction of sp³-hybridized carbons (Fsp3) is 0.688. The lowest BCUT2D eigenvalue weighted by Crippen LogP contribution is -2.48. The number of aromatic nitrogens is 1. The lowest BCUT2D eigenvalue weighted by molar-refractivity contribution is 0.0638. The molecule has 1 aromatic heterocycles. The van der Waals surface area contributed by atoms with Crippen LogP contribution < -0.4 is 0 Å². The third-order valence-electron chi connectivity index (χ3n) is 4.95. The minimum Gasteiger partial charge on any atom is -0.356 e. The fourth-order valence-corrected chi connectivity index (χ4v) is 4.85. The summed E-state index contributed by atoms with van der Waals surface area (Å²) in [5.41, 5.74) is 0.357. The summed E-state index contributed by atoms with van der Waals surface area (Å²) in [4.78, 5) is 19.7. The zero-order valence-electron chi connectivity index (χ0n) is 14.2. The van der Waals surface area contributed by atoms with E-state index in [2.05, 4.69) is 16.8 Å². The molecule has 0 aromatic carbocycles. The van der Waals surface area contributed by atoms with Crippen molar-refractivity contribution in [3.8, 4) is 0 Å². The Labute approximate surface area is 143 Å². The molecule has 2 aliphatic rings. The summed E-state index contributed by atoms with van der Waals surface area (Å²) in [6, 6.07) is 1.48. The Morgan fingerprint density at radius 1 is 1.08 bits per heavy atom. The van der Waals surface area contributed by atoms with Gasteiger partial charge in [-0.2, -0.15) is 4.31 Å². The van der Waals surface area contributed by atoms with Crippen molar-refractivity contribution in [1.82, 2.24) is 19.1 Å². The average Bonchev–Trinajstić information content (AvgIpc) is 3.13. The third kappa shape index (κ3) is 3.50. The highest BCUT2D eigenvalue weighted by Gasteiger charge is 2.29. The Bertz CT molecular complexity index is 671. The minimum atomic E-state index is -3.50. The number of piperazine rings is 1. The van der Waals surface area contributed by atoms with Gasteiger partial charge in [-0.05, 0) is 25.5 Å². The van der Waals surface area contributed by atoms with Crippen molar-refractivity contribution in [3.05, 3.63) is 18.0 Å². The SMILES string of the molecule is CCN1CCN(C(=O)c2cc(S(=O)(=O)N3CCCCC3)c[nH]2)CC1. The number of amides is 1. The van der Waals surface area contributed by atoms with Crippen LogP contribution in [-0.4, -0.2) is 79.2 Å². The minimum absolute atomic E-state index is 0.120. The lowest BCUT2D eigenvalue weighted by Gasteiger charge is -2.33. The number of nitrogens with one attached hydrogen (secondary N) is 1. The first-order valence-corrected chi connectivity index (χ1v) is 10.2. The second kappa shape index (κ2) is 7.25. The summed E-state index contributed by atoms with van der Waals surface area (Å²) in [6.07, 6.45) is 4.32. The van der Waals surface area contributed by atoms with Gasteiger partial charge in [0, 0.05) is 45.5 Å². The number of hydrogen-bond acceptors (Lipinski definition) is 4. The maximum atomic E-state index is 12.7. The van der Waals surface area contributed by atoms with Crippen molar-refractivity contribution < 1.29 is 13.2 Å². The van der Waals surface area contributed by atoms with Crippen LogP contribution in [0.1, 0.15) is 36.7 Å². The number of carbonyl (C=O) groups is 1. The Balaban J connectivity index is 1.70. The molecule has 0 saturated carbocycles. The van der Waals surface area contributed by atoms with E-state index in [0.29, 0.717) is 31.9 Å². The molecule has 2 fully saturated rings. The molecule has 3 heterocycles. The predicted molar refractivity (Wildman–Crippen MR) is 91.4 cm³/mol. The summed E-state index contributed by atoms with van der Waals surface area (Å²) >= 11 is 0. The van der Waals surface area contributed by atoms with Gasteiger partial charge in [0.2, 0.25) is 10.0 Å². The third-order valence-corrected chi connectivity index (χ3v) is 6.82. The van der Waals surface area contributed by atoms with Crippen molar-refractivity contribution in [2.45, 2.75) is 31.1 Å². The first kappa shape index (κ1) is 17.4. The molecule has 1 aromatic rings. The average molecular weight is 354 g/mol. The molecule has 3 rings (SSSR count). The van der Waals surface area contributed by atoms with Crippen LogP contribution in [-0.2, 0) is 10.0 Å². The van der Waals surface area contributed by atoms with Gasteiger partial charge in [0.25, 0.3) is 5.91 Å². The molecule has 0 spiro atoms. The van der Waals surface area contributed by atoms with Crippen molar-refractivity contribution in [2.24, 2.45) is 0 Å². The van der Waals surface area contributed by atoms with Crippen molar-refractivity contribution in [2.75, 3.05) is 45.8 Å². The van der Waals surface area contributed by atoms with Gasteiger partial charge in [-0.3, -0.25) is 4.79 Å². The van der Waals surface area contributed by atoms with E-state index in [1.54, 1.807) is 4.90 Å². The van der Waals surface area contributed by atoms with Crippen LogP contribution in [0, 0.1) is 0 Å². The van der Waals surface area contributed by atoms with E-state index in [-0.39, 0.29) is 10.8 Å². The van der Waals surface area contributed by atoms with Gasteiger partial charge in [0.05, 0.1) is 0 Å². The van der Waals surface area contributed by atoms with E-state index >= 15 is 0 Å². The van der Waals surface area contributed by atoms with Gasteiger partial charge < -0.3 is 14.8 Å². The standard InChI is InChI=1S/C16H26N4O3S/c1-2-18-8-10-19(11-9-18)16(21)15-12-14(13-17-15)24(22,23)20-6-4-3-5-7-20/h12-13,17H,2-11H2,1H3. The molecule has 0 atom stereocenters. The zero-order chi connectivity index (χ0) is 17.2. The number of rotatable bonds is 4. The predicted octanol–water partition coefficient (Wildman–Crippen LogP) is 0.967. The molecule has 7 nitrogen and oxygen atoms in total. The van der Waals surface area contributed by atoms with Gasteiger partial charge in [-0.1, -0.05) is 13.3 Å². The van der Waals surface area contributed by atoms with Crippen LogP contribution in [0.5, 0.6) is 0 Å². The highest BCUT2D eigenvalue weighted by Crippen LogP contribution is 2.21. The van der Waals surface area contributed by atoms with E-state index in [0.717, 1.165) is 38.9 Å². The highest BCUT2D eigenvalue weighted by atomic mass is 32.2. The summed E-state index contributed by atoms with van der Waals surface area (Å²) in [5.74, 6) is -0.120. The van der Waals surface area contributed by atoms with Crippen molar-refractivity contribution in [1.29, 1.82) is 0 Å². The smallest absolute Gasteiger partial charge is 0.270 e. The van der Waals surface area contributed by atoms with Crippen LogP contribution >= 0.6 is 0 Å². The van der Waals surface area contributed by atoms with Crippen LogP contribution in [0.4, 0.5) is 0 Å². The molecular formula is C16H26N4O3S. The number of carbonyl (C=O) groups excluding carboxylic acids is 1. The van der Waals surface area contributed by atoms with E-state index in [1.807, 2.05) is 0 Å². The highest BCUT2D eigenvalue weighted by molar-refractivity contribution is 7.89. The monoisotopic (exact) mass is 354 g/mol. The molecule has 0 bridgehead atoms. The Morgan fingerprint density at radius 3 is 2.38 bits per heavy atom. The first-order chi connectivity index (χ1) is 11.5. The Morgan fingerprint density at radius 2 is 1.75 bits per heavy atom. The lowest BCUT2D eigenvalue weighted by atomic mass is 10.2. The molecule has 2 aliphatic heterocycles. The molecule has 24 heavy (non-hydrogen) atoms. The molecule has 8 heteroatoms. The Hall–Kier alpha value is -1.38.